The van der Waals surface area contributed by atoms with Crippen LogP contribution in [0.5, 0.6) is 0 Å². The Hall–Kier alpha value is -1.14. The lowest BCUT2D eigenvalue weighted by Gasteiger charge is -1.99. The predicted molar refractivity (Wildman–Crippen MR) is 57.6 cm³/mol. The maximum Gasteiger partial charge on any atom is 0.209 e. The molecule has 2 rings (SSSR count). The van der Waals surface area contributed by atoms with E-state index in [9.17, 15) is 0 Å². The molecule has 0 aliphatic carbocycles. The molecule has 0 aliphatic rings. The summed E-state index contributed by atoms with van der Waals surface area (Å²) in [6.07, 6.45) is 1.69. The number of hydrogen-bond acceptors (Lipinski definition) is 5. The molecular weight excluding hydrogens is 234 g/mol. The molecule has 0 atom stereocenters. The molecule has 0 aromatic carbocycles. The van der Waals surface area contributed by atoms with Crippen molar-refractivity contribution in [1.82, 2.24) is 25.2 Å². The van der Waals surface area contributed by atoms with Gasteiger partial charge < -0.3 is 0 Å². The van der Waals surface area contributed by atoms with E-state index in [-0.39, 0.29) is 0 Å². The third kappa shape index (κ3) is 2.66. The molecule has 2 aromatic rings. The van der Waals surface area contributed by atoms with Gasteiger partial charge in [-0.3, -0.25) is 0 Å². The molecular formula is C8H8ClN5S. The number of rotatable bonds is 3. The molecule has 0 saturated heterocycles. The van der Waals surface area contributed by atoms with Gasteiger partial charge in [0.2, 0.25) is 5.16 Å². The highest BCUT2D eigenvalue weighted by molar-refractivity contribution is 7.98. The topological polar surface area (TPSA) is 56.5 Å². The minimum Gasteiger partial charge on any atom is -0.245 e. The van der Waals surface area contributed by atoms with E-state index in [4.69, 9.17) is 11.6 Å². The first-order valence-corrected chi connectivity index (χ1v) is 5.57. The van der Waals surface area contributed by atoms with Gasteiger partial charge in [-0.15, -0.1) is 5.10 Å². The van der Waals surface area contributed by atoms with Crippen LogP contribution >= 0.6 is 23.4 Å². The van der Waals surface area contributed by atoms with E-state index in [1.165, 1.54) is 0 Å². The van der Waals surface area contributed by atoms with E-state index in [0.717, 1.165) is 16.5 Å². The first-order chi connectivity index (χ1) is 7.25. The molecule has 5 nitrogen and oxygen atoms in total. The van der Waals surface area contributed by atoms with Crippen molar-refractivity contribution in [2.75, 3.05) is 0 Å². The average molecular weight is 242 g/mol. The van der Waals surface area contributed by atoms with E-state index >= 15 is 0 Å². The lowest BCUT2D eigenvalue weighted by atomic mass is 10.3. The van der Waals surface area contributed by atoms with Crippen LogP contribution in [0.3, 0.4) is 0 Å². The molecule has 0 N–H and O–H groups in total. The Balaban J connectivity index is 2.02. The van der Waals surface area contributed by atoms with Gasteiger partial charge in [0.25, 0.3) is 0 Å². The smallest absolute Gasteiger partial charge is 0.209 e. The molecule has 0 bridgehead atoms. The minimum atomic E-state index is 0.504. The molecule has 0 saturated carbocycles. The first kappa shape index (κ1) is 10.4. The van der Waals surface area contributed by atoms with Gasteiger partial charge >= 0.3 is 0 Å². The van der Waals surface area contributed by atoms with Gasteiger partial charge in [0.1, 0.15) is 5.15 Å². The molecule has 0 fully saturated rings. The monoisotopic (exact) mass is 241 g/mol. The summed E-state index contributed by atoms with van der Waals surface area (Å²) in [5.74, 6) is 0.774. The van der Waals surface area contributed by atoms with Gasteiger partial charge in [0.15, 0.2) is 0 Å². The second kappa shape index (κ2) is 4.59. The summed E-state index contributed by atoms with van der Waals surface area (Å²) in [6.45, 7) is 0. The quantitative estimate of drug-likeness (QED) is 0.603. The van der Waals surface area contributed by atoms with Crippen molar-refractivity contribution in [2.24, 2.45) is 7.05 Å². The van der Waals surface area contributed by atoms with Crippen LogP contribution in [0.25, 0.3) is 0 Å². The van der Waals surface area contributed by atoms with Gasteiger partial charge in [-0.1, -0.05) is 23.4 Å². The van der Waals surface area contributed by atoms with Crippen molar-refractivity contribution in [3.8, 4) is 0 Å². The van der Waals surface area contributed by atoms with Gasteiger partial charge in [-0.2, -0.15) is 0 Å². The molecule has 2 aromatic heterocycles. The number of aromatic nitrogens is 5. The number of pyridine rings is 1. The Labute approximate surface area is 95.8 Å². The van der Waals surface area contributed by atoms with Crippen LogP contribution in [0, 0.1) is 0 Å². The normalized spacial score (nSPS) is 10.5. The Morgan fingerprint density at radius 1 is 1.53 bits per heavy atom. The predicted octanol–water partition coefficient (Wildman–Crippen LogP) is 1.55. The largest absolute Gasteiger partial charge is 0.245 e. The molecule has 15 heavy (non-hydrogen) atoms. The van der Waals surface area contributed by atoms with Crippen molar-refractivity contribution in [1.29, 1.82) is 0 Å². The second-order valence-corrected chi connectivity index (χ2v) is 4.19. The maximum atomic E-state index is 5.77. The summed E-state index contributed by atoms with van der Waals surface area (Å²) in [6, 6.07) is 3.75. The summed E-state index contributed by atoms with van der Waals surface area (Å²) >= 11 is 7.33. The highest BCUT2D eigenvalue weighted by Crippen LogP contribution is 2.19. The highest BCUT2D eigenvalue weighted by Gasteiger charge is 2.03. The Bertz CT molecular complexity index is 458. The number of aryl methyl sites for hydroxylation is 1. The molecule has 78 valence electrons. The maximum absolute atomic E-state index is 5.77. The van der Waals surface area contributed by atoms with Crippen molar-refractivity contribution >= 4 is 23.4 Å². The zero-order valence-electron chi connectivity index (χ0n) is 7.96. The third-order valence-electron chi connectivity index (χ3n) is 1.74. The minimum absolute atomic E-state index is 0.504. The summed E-state index contributed by atoms with van der Waals surface area (Å²) in [7, 11) is 1.81. The van der Waals surface area contributed by atoms with E-state index < -0.39 is 0 Å². The van der Waals surface area contributed by atoms with Gasteiger partial charge in [-0.05, 0) is 28.1 Å². The van der Waals surface area contributed by atoms with Crippen molar-refractivity contribution in [3.63, 3.8) is 0 Å². The van der Waals surface area contributed by atoms with E-state index in [1.807, 2.05) is 19.2 Å². The highest BCUT2D eigenvalue weighted by atomic mass is 35.5. The van der Waals surface area contributed by atoms with E-state index in [1.54, 1.807) is 22.6 Å². The van der Waals surface area contributed by atoms with Gasteiger partial charge in [-0.25, -0.2) is 9.67 Å². The van der Waals surface area contributed by atoms with Crippen LogP contribution < -0.4 is 0 Å². The molecule has 2 heterocycles. The summed E-state index contributed by atoms with van der Waals surface area (Å²) in [5, 5.41) is 12.5. The van der Waals surface area contributed by atoms with Crippen molar-refractivity contribution < 1.29 is 0 Å². The van der Waals surface area contributed by atoms with Crippen LogP contribution in [-0.2, 0) is 12.8 Å². The Morgan fingerprint density at radius 3 is 3.07 bits per heavy atom. The number of hydrogen-bond donors (Lipinski definition) is 0. The SMILES string of the molecule is Cn1nnnc1SCc1ccnc(Cl)c1. The number of halogens is 1. The average Bonchev–Trinajstić information content (AvgIpc) is 2.61. The standard InChI is InChI=1S/C8H8ClN5S/c1-14-8(11-12-13-14)15-5-6-2-3-10-7(9)4-6/h2-4H,5H2,1H3. The molecule has 0 unspecified atom stereocenters. The van der Waals surface area contributed by atoms with Crippen LogP contribution in [0.1, 0.15) is 5.56 Å². The number of thioether (sulfide) groups is 1. The summed E-state index contributed by atoms with van der Waals surface area (Å²) < 4.78 is 1.63. The van der Waals surface area contributed by atoms with Crippen molar-refractivity contribution in [3.05, 3.63) is 29.0 Å². The van der Waals surface area contributed by atoms with Crippen LogP contribution in [-0.4, -0.2) is 25.2 Å². The Morgan fingerprint density at radius 2 is 2.40 bits per heavy atom. The first-order valence-electron chi connectivity index (χ1n) is 4.21. The van der Waals surface area contributed by atoms with Gasteiger partial charge in [0, 0.05) is 19.0 Å². The summed E-state index contributed by atoms with van der Waals surface area (Å²) in [4.78, 5) is 3.91. The van der Waals surface area contributed by atoms with E-state index in [0.29, 0.717) is 5.15 Å². The number of tetrazole rings is 1. The third-order valence-corrected chi connectivity index (χ3v) is 3.03. The molecule has 0 amide bonds. The fraction of sp³-hybridized carbons (Fsp3) is 0.250. The molecule has 7 heteroatoms. The fourth-order valence-electron chi connectivity index (χ4n) is 1.02. The van der Waals surface area contributed by atoms with Crippen molar-refractivity contribution in [2.45, 2.75) is 10.9 Å². The molecule has 0 radical (unpaired) electrons. The van der Waals surface area contributed by atoms with E-state index in [2.05, 4.69) is 20.5 Å². The lowest BCUT2D eigenvalue weighted by molar-refractivity contribution is 0.664. The number of nitrogens with zero attached hydrogens (tertiary/aromatic N) is 5. The zero-order valence-corrected chi connectivity index (χ0v) is 9.53. The van der Waals surface area contributed by atoms with Crippen LogP contribution in [0.2, 0.25) is 5.15 Å². The zero-order chi connectivity index (χ0) is 10.7. The molecule has 0 aliphatic heterocycles. The second-order valence-electron chi connectivity index (χ2n) is 2.86. The van der Waals surface area contributed by atoms with Gasteiger partial charge in [0.05, 0.1) is 0 Å². The van der Waals surface area contributed by atoms with Crippen LogP contribution in [0.4, 0.5) is 0 Å². The van der Waals surface area contributed by atoms with Crippen LogP contribution in [0.15, 0.2) is 23.5 Å². The lowest BCUT2D eigenvalue weighted by Crippen LogP contribution is -1.93. The molecule has 0 spiro atoms. The Kier molecular flexibility index (Phi) is 3.17. The fourth-order valence-corrected chi connectivity index (χ4v) is 2.01. The summed E-state index contributed by atoms with van der Waals surface area (Å²) in [5.41, 5.74) is 1.10.